The highest BCUT2D eigenvalue weighted by molar-refractivity contribution is 5.34. The number of aliphatic hydroxyl groups is 1. The van der Waals surface area contributed by atoms with Crippen LogP contribution in [0, 0.1) is 11.3 Å². The number of aliphatic hydroxyl groups excluding tert-OH is 1. The minimum atomic E-state index is -0.586. The topological polar surface area (TPSA) is 74.5 Å². The number of benzene rings is 1. The van der Waals surface area contributed by atoms with Crippen molar-refractivity contribution in [3.8, 4) is 11.8 Å². The summed E-state index contributed by atoms with van der Waals surface area (Å²) in [6, 6.07) is 9.14. The van der Waals surface area contributed by atoms with Crippen molar-refractivity contribution < 1.29 is 14.6 Å². The minimum Gasteiger partial charge on any atom is -0.491 e. The van der Waals surface area contributed by atoms with Gasteiger partial charge in [-0.1, -0.05) is 13.3 Å². The Morgan fingerprint density at radius 1 is 1.29 bits per heavy atom. The molecule has 1 aromatic carbocycles. The zero-order valence-electron chi connectivity index (χ0n) is 12.7. The zero-order chi connectivity index (χ0) is 15.5. The number of rotatable bonds is 10. The summed E-state index contributed by atoms with van der Waals surface area (Å²) in [4.78, 5) is 0. The lowest BCUT2D eigenvalue weighted by Crippen LogP contribution is -2.40. The SMILES string of the molecule is CCCC(COC)NCC(O)COc1ccc(C#N)cc1. The summed E-state index contributed by atoms with van der Waals surface area (Å²) >= 11 is 0. The lowest BCUT2D eigenvalue weighted by Gasteiger charge is -2.20. The molecule has 0 fully saturated rings. The fourth-order valence-electron chi connectivity index (χ4n) is 1.97. The molecule has 1 rings (SSSR count). The van der Waals surface area contributed by atoms with Crippen molar-refractivity contribution in [3.63, 3.8) is 0 Å². The van der Waals surface area contributed by atoms with Crippen molar-refractivity contribution in [2.75, 3.05) is 26.9 Å². The molecular weight excluding hydrogens is 268 g/mol. The van der Waals surface area contributed by atoms with Gasteiger partial charge in [-0.15, -0.1) is 0 Å². The Morgan fingerprint density at radius 3 is 2.57 bits per heavy atom. The Balaban J connectivity index is 2.29. The molecule has 0 saturated carbocycles. The van der Waals surface area contributed by atoms with E-state index in [9.17, 15) is 5.11 Å². The fraction of sp³-hybridized carbons (Fsp3) is 0.562. The maximum atomic E-state index is 9.92. The highest BCUT2D eigenvalue weighted by Crippen LogP contribution is 2.11. The first kappa shape index (κ1) is 17.4. The van der Waals surface area contributed by atoms with Crippen LogP contribution in [-0.2, 0) is 4.74 Å². The molecular formula is C16H24N2O3. The van der Waals surface area contributed by atoms with Crippen LogP contribution in [0.3, 0.4) is 0 Å². The van der Waals surface area contributed by atoms with E-state index in [0.29, 0.717) is 24.5 Å². The van der Waals surface area contributed by atoms with Gasteiger partial charge in [0.25, 0.3) is 0 Å². The maximum Gasteiger partial charge on any atom is 0.119 e. The molecule has 0 heterocycles. The van der Waals surface area contributed by atoms with Gasteiger partial charge in [-0.25, -0.2) is 0 Å². The van der Waals surface area contributed by atoms with Gasteiger partial charge in [-0.05, 0) is 30.7 Å². The summed E-state index contributed by atoms with van der Waals surface area (Å²) in [7, 11) is 1.68. The average Bonchev–Trinajstić information content (AvgIpc) is 2.51. The maximum absolute atomic E-state index is 9.92. The summed E-state index contributed by atoms with van der Waals surface area (Å²) in [5, 5.41) is 21.9. The van der Waals surface area contributed by atoms with Gasteiger partial charge in [-0.2, -0.15) is 5.26 Å². The van der Waals surface area contributed by atoms with Crippen molar-refractivity contribution >= 4 is 0 Å². The first-order valence-corrected chi connectivity index (χ1v) is 7.23. The second-order valence-electron chi connectivity index (χ2n) is 4.95. The lowest BCUT2D eigenvalue weighted by atomic mass is 10.2. The van der Waals surface area contributed by atoms with E-state index < -0.39 is 6.10 Å². The molecule has 116 valence electrons. The van der Waals surface area contributed by atoms with Gasteiger partial charge in [0.15, 0.2) is 0 Å². The third kappa shape index (κ3) is 7.09. The summed E-state index contributed by atoms with van der Waals surface area (Å²) < 4.78 is 10.6. The van der Waals surface area contributed by atoms with E-state index in [1.807, 2.05) is 6.07 Å². The van der Waals surface area contributed by atoms with Gasteiger partial charge in [0.05, 0.1) is 18.2 Å². The van der Waals surface area contributed by atoms with Crippen molar-refractivity contribution in [1.29, 1.82) is 5.26 Å². The summed E-state index contributed by atoms with van der Waals surface area (Å²) in [6.45, 7) is 3.43. The van der Waals surface area contributed by atoms with Gasteiger partial charge in [0.2, 0.25) is 0 Å². The third-order valence-corrected chi connectivity index (χ3v) is 3.07. The Bertz CT molecular complexity index is 422. The van der Waals surface area contributed by atoms with Gasteiger partial charge in [-0.3, -0.25) is 0 Å². The predicted molar refractivity (Wildman–Crippen MR) is 81.2 cm³/mol. The van der Waals surface area contributed by atoms with E-state index in [1.165, 1.54) is 0 Å². The molecule has 5 nitrogen and oxygen atoms in total. The predicted octanol–water partition coefficient (Wildman–Crippen LogP) is 1.70. The lowest BCUT2D eigenvalue weighted by molar-refractivity contribution is 0.0946. The van der Waals surface area contributed by atoms with Crippen LogP contribution in [0.25, 0.3) is 0 Å². The van der Waals surface area contributed by atoms with Gasteiger partial charge < -0.3 is 19.9 Å². The van der Waals surface area contributed by atoms with E-state index in [2.05, 4.69) is 12.2 Å². The van der Waals surface area contributed by atoms with E-state index in [4.69, 9.17) is 14.7 Å². The molecule has 21 heavy (non-hydrogen) atoms. The molecule has 0 aliphatic heterocycles. The first-order chi connectivity index (χ1) is 10.2. The molecule has 2 N–H and O–H groups in total. The van der Waals surface area contributed by atoms with Crippen LogP contribution in [-0.4, -0.2) is 44.1 Å². The van der Waals surface area contributed by atoms with Crippen molar-refractivity contribution in [3.05, 3.63) is 29.8 Å². The summed E-state index contributed by atoms with van der Waals surface area (Å²) in [6.07, 6.45) is 1.49. The Morgan fingerprint density at radius 2 is 2.00 bits per heavy atom. The molecule has 0 aromatic heterocycles. The first-order valence-electron chi connectivity index (χ1n) is 7.23. The number of nitriles is 1. The molecule has 0 saturated heterocycles. The minimum absolute atomic E-state index is 0.213. The number of nitrogens with one attached hydrogen (secondary N) is 1. The van der Waals surface area contributed by atoms with Gasteiger partial charge in [0.1, 0.15) is 18.5 Å². The van der Waals surface area contributed by atoms with Crippen LogP contribution >= 0.6 is 0 Å². The van der Waals surface area contributed by atoms with Crippen LogP contribution in [0.2, 0.25) is 0 Å². The second kappa shape index (κ2) is 10.2. The quantitative estimate of drug-likeness (QED) is 0.686. The molecule has 1 aromatic rings. The van der Waals surface area contributed by atoms with Crippen LogP contribution in [0.5, 0.6) is 5.75 Å². The number of hydrogen-bond acceptors (Lipinski definition) is 5. The molecule has 0 amide bonds. The summed E-state index contributed by atoms with van der Waals surface area (Å²) in [5.41, 5.74) is 0.589. The third-order valence-electron chi connectivity index (χ3n) is 3.07. The largest absolute Gasteiger partial charge is 0.491 e. The van der Waals surface area contributed by atoms with Crippen LogP contribution < -0.4 is 10.1 Å². The monoisotopic (exact) mass is 292 g/mol. The molecule has 2 unspecified atom stereocenters. The molecule has 0 spiro atoms. The molecule has 0 aliphatic carbocycles. The molecule has 0 aliphatic rings. The Hall–Kier alpha value is -1.61. The average molecular weight is 292 g/mol. The number of hydrogen-bond donors (Lipinski definition) is 2. The van der Waals surface area contributed by atoms with Crippen LogP contribution in [0.4, 0.5) is 0 Å². The second-order valence-corrected chi connectivity index (χ2v) is 4.95. The Kier molecular flexibility index (Phi) is 8.44. The smallest absolute Gasteiger partial charge is 0.119 e. The summed E-state index contributed by atoms with van der Waals surface area (Å²) in [5.74, 6) is 0.648. The molecule has 2 atom stereocenters. The Labute approximate surface area is 126 Å². The normalized spacial score (nSPS) is 13.4. The zero-order valence-corrected chi connectivity index (χ0v) is 12.7. The van der Waals surface area contributed by atoms with Crippen molar-refractivity contribution in [2.45, 2.75) is 31.9 Å². The molecule has 0 radical (unpaired) electrons. The standard InChI is InChI=1S/C16H24N2O3/c1-3-4-14(11-20-2)18-10-15(19)12-21-16-7-5-13(9-17)6-8-16/h5-8,14-15,18-19H,3-4,10-12H2,1-2H3. The van der Waals surface area contributed by atoms with E-state index in [-0.39, 0.29) is 12.6 Å². The van der Waals surface area contributed by atoms with Gasteiger partial charge in [0, 0.05) is 19.7 Å². The number of methoxy groups -OCH3 is 1. The van der Waals surface area contributed by atoms with Gasteiger partial charge >= 0.3 is 0 Å². The van der Waals surface area contributed by atoms with Crippen LogP contribution in [0.15, 0.2) is 24.3 Å². The van der Waals surface area contributed by atoms with Crippen molar-refractivity contribution in [2.24, 2.45) is 0 Å². The highest BCUT2D eigenvalue weighted by atomic mass is 16.5. The van der Waals surface area contributed by atoms with E-state index in [1.54, 1.807) is 31.4 Å². The van der Waals surface area contributed by atoms with Crippen LogP contribution in [0.1, 0.15) is 25.3 Å². The molecule has 5 heteroatoms. The van der Waals surface area contributed by atoms with E-state index >= 15 is 0 Å². The highest BCUT2D eigenvalue weighted by Gasteiger charge is 2.10. The molecule has 0 bridgehead atoms. The van der Waals surface area contributed by atoms with E-state index in [0.717, 1.165) is 12.8 Å². The fourth-order valence-corrected chi connectivity index (χ4v) is 1.97. The number of nitrogens with zero attached hydrogens (tertiary/aromatic N) is 1. The van der Waals surface area contributed by atoms with Crippen molar-refractivity contribution in [1.82, 2.24) is 5.32 Å². The number of ether oxygens (including phenoxy) is 2.